The molecule has 0 radical (unpaired) electrons. The van der Waals surface area contributed by atoms with Gasteiger partial charge in [-0.1, -0.05) is 102 Å². The molecule has 6 heteroatoms. The standard InChI is InChI=1S/C46H48N6/c1-45(2,3)31-25-33(29-43-49-37-21-13-15-23-41(37)51(43)35-17-9-7-10-18-35)47-39(27-31)40-28-32(46(4,5)6)26-34(48-40)30-44-50-38-22-14-16-24-42(38)52(44)36-19-11-8-12-20-36/h7-28,43-44,49-50H,29-30H2,1-6H3. The van der Waals surface area contributed by atoms with E-state index < -0.39 is 0 Å². The average Bonchev–Trinajstić information content (AvgIpc) is 3.68. The number of pyridine rings is 2. The maximum Gasteiger partial charge on any atom is 0.109 e. The first-order valence-electron chi connectivity index (χ1n) is 18.4. The zero-order valence-corrected chi connectivity index (χ0v) is 31.1. The molecule has 6 nitrogen and oxygen atoms in total. The summed E-state index contributed by atoms with van der Waals surface area (Å²) in [5.41, 5.74) is 13.2. The van der Waals surface area contributed by atoms with Crippen molar-refractivity contribution in [3.63, 3.8) is 0 Å². The highest BCUT2D eigenvalue weighted by Crippen LogP contribution is 2.42. The predicted octanol–water partition coefficient (Wildman–Crippen LogP) is 11.0. The largest absolute Gasteiger partial charge is 0.363 e. The zero-order valence-electron chi connectivity index (χ0n) is 31.1. The van der Waals surface area contributed by atoms with Gasteiger partial charge in [0.05, 0.1) is 34.1 Å². The Balaban J connectivity index is 1.18. The smallest absolute Gasteiger partial charge is 0.109 e. The van der Waals surface area contributed by atoms with Gasteiger partial charge in [0.25, 0.3) is 0 Å². The van der Waals surface area contributed by atoms with Crippen molar-refractivity contribution in [3.8, 4) is 11.4 Å². The van der Waals surface area contributed by atoms with Crippen molar-refractivity contribution in [2.45, 2.75) is 77.5 Å². The molecule has 2 aliphatic rings. The first-order chi connectivity index (χ1) is 25.0. The van der Waals surface area contributed by atoms with Crippen molar-refractivity contribution in [3.05, 3.63) is 156 Å². The number of nitrogens with one attached hydrogen (secondary N) is 2. The Morgan fingerprint density at radius 2 is 0.846 bits per heavy atom. The van der Waals surface area contributed by atoms with Crippen molar-refractivity contribution < 1.29 is 0 Å². The lowest BCUT2D eigenvalue weighted by Crippen LogP contribution is -2.34. The fraction of sp³-hybridized carbons (Fsp3) is 0.261. The van der Waals surface area contributed by atoms with Crippen LogP contribution in [0.1, 0.15) is 64.1 Å². The quantitative estimate of drug-likeness (QED) is 0.175. The second kappa shape index (κ2) is 13.2. The third kappa shape index (κ3) is 6.61. The van der Waals surface area contributed by atoms with Gasteiger partial charge in [0.15, 0.2) is 0 Å². The lowest BCUT2D eigenvalue weighted by atomic mass is 9.84. The van der Waals surface area contributed by atoms with Crippen LogP contribution in [0.4, 0.5) is 34.1 Å². The number of fused-ring (bicyclic) bond motifs is 2. The van der Waals surface area contributed by atoms with E-state index in [0.717, 1.165) is 58.4 Å². The van der Waals surface area contributed by atoms with Crippen LogP contribution in [0.2, 0.25) is 0 Å². The highest BCUT2D eigenvalue weighted by atomic mass is 15.3. The molecule has 0 saturated heterocycles. The zero-order chi connectivity index (χ0) is 36.0. The molecule has 0 fully saturated rings. The molecule has 2 unspecified atom stereocenters. The average molecular weight is 685 g/mol. The molecular weight excluding hydrogens is 637 g/mol. The molecule has 4 heterocycles. The molecule has 2 aliphatic heterocycles. The Hall–Kier alpha value is -5.62. The van der Waals surface area contributed by atoms with E-state index >= 15 is 0 Å². The van der Waals surface area contributed by atoms with Gasteiger partial charge in [-0.25, -0.2) is 0 Å². The number of anilines is 6. The van der Waals surface area contributed by atoms with Gasteiger partial charge in [0.2, 0.25) is 0 Å². The second-order valence-corrected chi connectivity index (χ2v) is 16.1. The van der Waals surface area contributed by atoms with Gasteiger partial charge < -0.3 is 20.4 Å². The molecule has 2 aromatic heterocycles. The molecule has 0 aliphatic carbocycles. The minimum absolute atomic E-state index is 0.0128. The normalized spacial score (nSPS) is 16.7. The molecule has 52 heavy (non-hydrogen) atoms. The fourth-order valence-electron chi connectivity index (χ4n) is 7.44. The summed E-state index contributed by atoms with van der Waals surface area (Å²) in [6.45, 7) is 13.7. The monoisotopic (exact) mass is 684 g/mol. The molecule has 0 saturated carbocycles. The highest BCUT2D eigenvalue weighted by molar-refractivity contribution is 5.83. The summed E-state index contributed by atoms with van der Waals surface area (Å²) in [6.07, 6.45) is 1.48. The van der Waals surface area contributed by atoms with Crippen LogP contribution >= 0.6 is 0 Å². The number of hydrogen-bond acceptors (Lipinski definition) is 6. The number of hydrogen-bond donors (Lipinski definition) is 2. The minimum atomic E-state index is -0.0716. The summed E-state index contributed by atoms with van der Waals surface area (Å²) >= 11 is 0. The molecule has 2 atom stereocenters. The second-order valence-electron chi connectivity index (χ2n) is 16.1. The summed E-state index contributed by atoms with van der Waals surface area (Å²) < 4.78 is 0. The van der Waals surface area contributed by atoms with Crippen molar-refractivity contribution in [2.24, 2.45) is 0 Å². The molecule has 0 amide bonds. The molecule has 262 valence electrons. The van der Waals surface area contributed by atoms with Crippen LogP contribution in [0, 0.1) is 0 Å². The maximum absolute atomic E-state index is 5.41. The summed E-state index contributed by atoms with van der Waals surface area (Å²) in [4.78, 5) is 15.6. The van der Waals surface area contributed by atoms with Gasteiger partial charge in [-0.2, -0.15) is 0 Å². The lowest BCUT2D eigenvalue weighted by Gasteiger charge is -2.28. The van der Waals surface area contributed by atoms with E-state index in [4.69, 9.17) is 9.97 Å². The third-order valence-electron chi connectivity index (χ3n) is 10.2. The van der Waals surface area contributed by atoms with Gasteiger partial charge in [0, 0.05) is 35.6 Å². The van der Waals surface area contributed by atoms with Crippen LogP contribution in [0.5, 0.6) is 0 Å². The van der Waals surface area contributed by atoms with Crippen LogP contribution < -0.4 is 20.4 Å². The third-order valence-corrected chi connectivity index (χ3v) is 10.2. The SMILES string of the molecule is CC(C)(C)c1cc(CC2Nc3ccccc3N2c2ccccc2)nc(-c2cc(C(C)(C)C)cc(CC3Nc4ccccc4N3c3ccccc3)n2)c1. The first kappa shape index (κ1) is 33.5. The Bertz CT molecular complexity index is 2040. The number of benzene rings is 4. The van der Waals surface area contributed by atoms with Crippen molar-refractivity contribution in [2.75, 3.05) is 20.4 Å². The molecule has 6 aromatic rings. The number of nitrogens with zero attached hydrogens (tertiary/aromatic N) is 4. The van der Waals surface area contributed by atoms with E-state index in [9.17, 15) is 0 Å². The van der Waals surface area contributed by atoms with E-state index in [1.807, 2.05) is 0 Å². The molecule has 2 N–H and O–H groups in total. The van der Waals surface area contributed by atoms with Crippen LogP contribution in [0.3, 0.4) is 0 Å². The van der Waals surface area contributed by atoms with Crippen molar-refractivity contribution in [1.82, 2.24) is 9.97 Å². The Kier molecular flexibility index (Phi) is 8.49. The number of aromatic nitrogens is 2. The topological polar surface area (TPSA) is 56.3 Å². The predicted molar refractivity (Wildman–Crippen MR) is 217 cm³/mol. The highest BCUT2D eigenvalue weighted by Gasteiger charge is 2.32. The van der Waals surface area contributed by atoms with Gasteiger partial charge in [0.1, 0.15) is 12.3 Å². The van der Waals surface area contributed by atoms with E-state index in [2.05, 4.69) is 195 Å². The summed E-state index contributed by atoms with van der Waals surface area (Å²) in [5.74, 6) is 0. The van der Waals surface area contributed by atoms with E-state index in [1.54, 1.807) is 0 Å². The minimum Gasteiger partial charge on any atom is -0.363 e. The van der Waals surface area contributed by atoms with Gasteiger partial charge in [-0.3, -0.25) is 9.97 Å². The lowest BCUT2D eigenvalue weighted by molar-refractivity contribution is 0.585. The van der Waals surface area contributed by atoms with E-state index in [-0.39, 0.29) is 23.2 Å². The molecule has 8 rings (SSSR count). The first-order valence-corrected chi connectivity index (χ1v) is 18.4. The van der Waals surface area contributed by atoms with Gasteiger partial charge in [-0.05, 0) is 94.8 Å². The summed E-state index contributed by atoms with van der Waals surface area (Å²) in [7, 11) is 0. The van der Waals surface area contributed by atoms with E-state index in [0.29, 0.717) is 0 Å². The molecular formula is C46H48N6. The Morgan fingerprint density at radius 3 is 1.23 bits per heavy atom. The molecule has 0 spiro atoms. The van der Waals surface area contributed by atoms with Crippen LogP contribution in [0.25, 0.3) is 11.4 Å². The summed E-state index contributed by atoms with van der Waals surface area (Å²) in [6, 6.07) is 47.5. The van der Waals surface area contributed by atoms with Crippen LogP contribution in [-0.2, 0) is 23.7 Å². The molecule has 0 bridgehead atoms. The Labute approximate surface area is 308 Å². The van der Waals surface area contributed by atoms with Crippen LogP contribution in [0.15, 0.2) is 133 Å². The number of para-hydroxylation sites is 6. The van der Waals surface area contributed by atoms with E-state index in [1.165, 1.54) is 22.5 Å². The van der Waals surface area contributed by atoms with Gasteiger partial charge in [-0.15, -0.1) is 0 Å². The fourth-order valence-corrected chi connectivity index (χ4v) is 7.44. The summed E-state index contributed by atoms with van der Waals surface area (Å²) in [5, 5.41) is 7.62. The Morgan fingerprint density at radius 1 is 0.481 bits per heavy atom. The van der Waals surface area contributed by atoms with Crippen LogP contribution in [-0.4, -0.2) is 22.3 Å². The number of rotatable bonds is 7. The van der Waals surface area contributed by atoms with Gasteiger partial charge >= 0.3 is 0 Å². The molecule has 4 aromatic carbocycles. The van der Waals surface area contributed by atoms with Crippen molar-refractivity contribution in [1.29, 1.82) is 0 Å². The maximum atomic E-state index is 5.41. The van der Waals surface area contributed by atoms with Crippen molar-refractivity contribution >= 4 is 34.1 Å².